The number of aryl methyl sites for hydroxylation is 1. The first-order valence-corrected chi connectivity index (χ1v) is 8.46. The van der Waals surface area contributed by atoms with Gasteiger partial charge in [0.2, 0.25) is 10.0 Å². The fraction of sp³-hybridized carbons (Fsp3) is 0.500. The standard InChI is InChI=1S/C12H17NO6S2/c1-4-5-13(6-9(14)19-3)21(17,18)11-8(2)7-20-10(11)12(15)16/h7H,4-6H2,1-3H3,(H,15,16). The van der Waals surface area contributed by atoms with E-state index in [-0.39, 0.29) is 16.3 Å². The van der Waals surface area contributed by atoms with Crippen LogP contribution in [0.15, 0.2) is 10.3 Å². The molecule has 1 N–H and O–H groups in total. The van der Waals surface area contributed by atoms with Crippen molar-refractivity contribution in [1.29, 1.82) is 0 Å². The van der Waals surface area contributed by atoms with Gasteiger partial charge in [0.25, 0.3) is 0 Å². The summed E-state index contributed by atoms with van der Waals surface area (Å²) in [4.78, 5) is 22.0. The van der Waals surface area contributed by atoms with Gasteiger partial charge in [-0.1, -0.05) is 6.92 Å². The van der Waals surface area contributed by atoms with Crippen molar-refractivity contribution in [1.82, 2.24) is 4.31 Å². The molecule has 0 fully saturated rings. The zero-order valence-electron chi connectivity index (χ0n) is 12.0. The number of sulfonamides is 1. The Morgan fingerprint density at radius 3 is 2.52 bits per heavy atom. The molecular weight excluding hydrogens is 318 g/mol. The molecule has 0 atom stereocenters. The third-order valence-electron chi connectivity index (χ3n) is 2.72. The Labute approximate surface area is 127 Å². The Hall–Kier alpha value is -1.45. The molecule has 0 aromatic carbocycles. The van der Waals surface area contributed by atoms with E-state index in [1.807, 2.05) is 0 Å². The van der Waals surface area contributed by atoms with E-state index < -0.39 is 28.5 Å². The average molecular weight is 335 g/mol. The van der Waals surface area contributed by atoms with Crippen molar-refractivity contribution in [2.24, 2.45) is 0 Å². The molecule has 1 aromatic heterocycles. The average Bonchev–Trinajstić information content (AvgIpc) is 2.80. The highest BCUT2D eigenvalue weighted by molar-refractivity contribution is 7.89. The number of carbonyl (C=O) groups excluding carboxylic acids is 1. The maximum absolute atomic E-state index is 12.6. The van der Waals surface area contributed by atoms with Gasteiger partial charge in [-0.05, 0) is 24.3 Å². The van der Waals surface area contributed by atoms with Crippen molar-refractivity contribution in [3.05, 3.63) is 15.8 Å². The first-order chi connectivity index (χ1) is 9.75. The molecule has 9 heteroatoms. The van der Waals surface area contributed by atoms with Gasteiger partial charge in [-0.25, -0.2) is 13.2 Å². The summed E-state index contributed by atoms with van der Waals surface area (Å²) in [6.45, 7) is 2.95. The number of rotatable bonds is 7. The molecule has 0 saturated heterocycles. The Balaban J connectivity index is 3.32. The molecule has 0 aliphatic rings. The molecule has 0 saturated carbocycles. The normalized spacial score (nSPS) is 11.6. The zero-order chi connectivity index (χ0) is 16.2. The molecule has 7 nitrogen and oxygen atoms in total. The van der Waals surface area contributed by atoms with Crippen LogP contribution in [0.25, 0.3) is 0 Å². The molecule has 1 rings (SSSR count). The Bertz CT molecular complexity index is 634. The van der Waals surface area contributed by atoms with Gasteiger partial charge < -0.3 is 9.84 Å². The van der Waals surface area contributed by atoms with Gasteiger partial charge in [-0.15, -0.1) is 11.3 Å². The van der Waals surface area contributed by atoms with Gasteiger partial charge >= 0.3 is 11.9 Å². The highest BCUT2D eigenvalue weighted by Gasteiger charge is 2.33. The highest BCUT2D eigenvalue weighted by atomic mass is 32.2. The number of hydrogen-bond acceptors (Lipinski definition) is 6. The molecule has 0 radical (unpaired) electrons. The molecular formula is C12H17NO6S2. The van der Waals surface area contributed by atoms with Gasteiger partial charge in [-0.2, -0.15) is 4.31 Å². The van der Waals surface area contributed by atoms with Crippen molar-refractivity contribution in [2.75, 3.05) is 20.2 Å². The van der Waals surface area contributed by atoms with Gasteiger partial charge in [-0.3, -0.25) is 4.79 Å². The van der Waals surface area contributed by atoms with E-state index in [0.29, 0.717) is 12.0 Å². The van der Waals surface area contributed by atoms with E-state index in [2.05, 4.69) is 4.74 Å². The number of methoxy groups -OCH3 is 1. The van der Waals surface area contributed by atoms with E-state index in [1.165, 1.54) is 12.3 Å². The smallest absolute Gasteiger partial charge is 0.347 e. The van der Waals surface area contributed by atoms with Crippen LogP contribution in [0.1, 0.15) is 28.6 Å². The maximum Gasteiger partial charge on any atom is 0.347 e. The third kappa shape index (κ3) is 3.80. The van der Waals surface area contributed by atoms with Crippen molar-refractivity contribution in [3.63, 3.8) is 0 Å². The summed E-state index contributed by atoms with van der Waals surface area (Å²) >= 11 is 0.850. The molecule has 0 aliphatic carbocycles. The number of ether oxygens (including phenoxy) is 1. The number of carbonyl (C=O) groups is 2. The van der Waals surface area contributed by atoms with Crippen molar-refractivity contribution < 1.29 is 27.9 Å². The van der Waals surface area contributed by atoms with Gasteiger partial charge in [0.05, 0.1) is 7.11 Å². The van der Waals surface area contributed by atoms with Gasteiger partial charge in [0, 0.05) is 6.54 Å². The van der Waals surface area contributed by atoms with E-state index >= 15 is 0 Å². The lowest BCUT2D eigenvalue weighted by Gasteiger charge is -2.20. The van der Waals surface area contributed by atoms with Crippen LogP contribution >= 0.6 is 11.3 Å². The number of aromatic carboxylic acids is 1. The lowest BCUT2D eigenvalue weighted by Crippen LogP contribution is -2.37. The Morgan fingerprint density at radius 2 is 2.05 bits per heavy atom. The van der Waals surface area contributed by atoms with Crippen LogP contribution in [-0.4, -0.2) is 50.0 Å². The number of carboxylic acids is 1. The second-order valence-corrected chi connectivity index (χ2v) is 7.05. The minimum Gasteiger partial charge on any atom is -0.477 e. The number of nitrogens with zero attached hydrogens (tertiary/aromatic N) is 1. The largest absolute Gasteiger partial charge is 0.477 e. The monoisotopic (exact) mass is 335 g/mol. The number of esters is 1. The molecule has 0 unspecified atom stereocenters. The first kappa shape index (κ1) is 17.6. The molecule has 21 heavy (non-hydrogen) atoms. The fourth-order valence-electron chi connectivity index (χ4n) is 1.77. The molecule has 1 aromatic rings. The van der Waals surface area contributed by atoms with Crippen molar-refractivity contribution in [3.8, 4) is 0 Å². The summed E-state index contributed by atoms with van der Waals surface area (Å²) in [5.41, 5.74) is 0.350. The van der Waals surface area contributed by atoms with Crippen LogP contribution in [0, 0.1) is 6.92 Å². The maximum atomic E-state index is 12.6. The minimum atomic E-state index is -4.07. The first-order valence-electron chi connectivity index (χ1n) is 6.14. The SMILES string of the molecule is CCCN(CC(=O)OC)S(=O)(=O)c1c(C)csc1C(=O)O. The fourth-order valence-corrected chi connectivity index (χ4v) is 4.83. The molecule has 118 valence electrons. The molecule has 1 heterocycles. The van der Waals surface area contributed by atoms with E-state index in [9.17, 15) is 18.0 Å². The minimum absolute atomic E-state index is 0.103. The summed E-state index contributed by atoms with van der Waals surface area (Å²) in [5, 5.41) is 10.6. The van der Waals surface area contributed by atoms with Crippen LogP contribution in [0.4, 0.5) is 0 Å². The summed E-state index contributed by atoms with van der Waals surface area (Å²) in [5.74, 6) is -2.00. The van der Waals surface area contributed by atoms with Crippen LogP contribution in [-0.2, 0) is 19.6 Å². The lowest BCUT2D eigenvalue weighted by molar-refractivity contribution is -0.140. The zero-order valence-corrected chi connectivity index (χ0v) is 13.6. The quantitative estimate of drug-likeness (QED) is 0.754. The second-order valence-electron chi connectivity index (χ2n) is 4.30. The summed E-state index contributed by atoms with van der Waals surface area (Å²) in [7, 11) is -2.91. The van der Waals surface area contributed by atoms with Crippen molar-refractivity contribution in [2.45, 2.75) is 25.2 Å². The third-order valence-corrected chi connectivity index (χ3v) is 5.96. The predicted molar refractivity (Wildman–Crippen MR) is 77.1 cm³/mol. The van der Waals surface area contributed by atoms with Crippen LogP contribution < -0.4 is 0 Å². The second kappa shape index (κ2) is 7.01. The number of hydrogen-bond donors (Lipinski definition) is 1. The van der Waals surface area contributed by atoms with E-state index in [1.54, 1.807) is 6.92 Å². The lowest BCUT2D eigenvalue weighted by atomic mass is 10.3. The van der Waals surface area contributed by atoms with Crippen molar-refractivity contribution >= 4 is 33.3 Å². The van der Waals surface area contributed by atoms with Crippen LogP contribution in [0.5, 0.6) is 0 Å². The van der Waals surface area contributed by atoms with Crippen LogP contribution in [0.3, 0.4) is 0 Å². The van der Waals surface area contributed by atoms with Gasteiger partial charge in [0.1, 0.15) is 16.3 Å². The Morgan fingerprint density at radius 1 is 1.43 bits per heavy atom. The summed E-state index contributed by atoms with van der Waals surface area (Å²) in [6, 6.07) is 0. The number of thiophene rings is 1. The molecule has 0 bridgehead atoms. The van der Waals surface area contributed by atoms with E-state index in [0.717, 1.165) is 22.8 Å². The summed E-state index contributed by atoms with van der Waals surface area (Å²) in [6.07, 6.45) is 0.488. The van der Waals surface area contributed by atoms with Crippen LogP contribution in [0.2, 0.25) is 0 Å². The van der Waals surface area contributed by atoms with E-state index in [4.69, 9.17) is 5.11 Å². The predicted octanol–water partition coefficient (Wildman–Crippen LogP) is 1.33. The van der Waals surface area contributed by atoms with Gasteiger partial charge in [0.15, 0.2) is 0 Å². The highest BCUT2D eigenvalue weighted by Crippen LogP contribution is 2.29. The molecule has 0 amide bonds. The Kier molecular flexibility index (Phi) is 5.87. The number of carboxylic acid groups (broad SMARTS) is 1. The summed E-state index contributed by atoms with van der Waals surface area (Å²) < 4.78 is 30.7. The molecule has 0 spiro atoms. The molecule has 0 aliphatic heterocycles. The topological polar surface area (TPSA) is 101 Å².